The number of anilines is 1. The number of likely N-dealkylation sites (tertiary alicyclic amines) is 1. The van der Waals surface area contributed by atoms with Crippen LogP contribution in [0.5, 0.6) is 0 Å². The number of fused-ring (bicyclic) bond motifs is 4. The quantitative estimate of drug-likeness (QED) is 0.598. The minimum atomic E-state index is -1.34. The van der Waals surface area contributed by atoms with E-state index in [-0.39, 0.29) is 25.3 Å². The van der Waals surface area contributed by atoms with Gasteiger partial charge in [0.1, 0.15) is 17.9 Å². The van der Waals surface area contributed by atoms with Gasteiger partial charge < -0.3 is 20.5 Å². The Bertz CT molecular complexity index is 1260. The smallest absolute Gasteiger partial charge is 0.291 e. The standard InChI is InChI=1S/C25H24ClN3O5/c1-12-7-8-15-21(13(12)2)27-24(34)25(15)20-19(17(28-25)9-10-18(30)31)22(32)29(23(20)33)11-14-5-3-4-6-16(14)26/h3-8,17,19-20,28H,9-11H2,1-2H3,(H,27,34)(H,30,31)/t17-,19+,20-,25+/m0/s1. The normalized spacial score (nSPS) is 27.3. The van der Waals surface area contributed by atoms with E-state index >= 15 is 0 Å². The van der Waals surface area contributed by atoms with E-state index in [9.17, 15) is 24.3 Å². The Balaban J connectivity index is 1.61. The topological polar surface area (TPSA) is 123 Å². The van der Waals surface area contributed by atoms with Crippen molar-refractivity contribution in [2.75, 3.05) is 5.32 Å². The SMILES string of the molecule is Cc1ccc2c(c1C)NC(=O)[C@@]21[NH2+][C@@H](CCC(=O)[O-])[C@H]2C(=O)N(Cc3ccccc3Cl)C(=O)[C@H]21. The predicted octanol–water partition coefficient (Wildman–Crippen LogP) is 0.381. The van der Waals surface area contributed by atoms with E-state index in [1.54, 1.807) is 29.6 Å². The maximum absolute atomic E-state index is 13.8. The Kier molecular flexibility index (Phi) is 5.26. The van der Waals surface area contributed by atoms with Crippen LogP contribution in [0.4, 0.5) is 5.69 Å². The van der Waals surface area contributed by atoms with Crippen LogP contribution in [0.15, 0.2) is 36.4 Å². The van der Waals surface area contributed by atoms with Crippen molar-refractivity contribution >= 4 is 41.0 Å². The number of nitrogens with zero attached hydrogens (tertiary/aromatic N) is 1. The van der Waals surface area contributed by atoms with E-state index in [0.29, 0.717) is 21.8 Å². The highest BCUT2D eigenvalue weighted by Gasteiger charge is 2.74. The van der Waals surface area contributed by atoms with E-state index < -0.39 is 41.2 Å². The minimum Gasteiger partial charge on any atom is -0.550 e. The van der Waals surface area contributed by atoms with Gasteiger partial charge in [0.15, 0.2) is 0 Å². The number of rotatable bonds is 5. The molecule has 176 valence electrons. The van der Waals surface area contributed by atoms with Gasteiger partial charge in [-0.2, -0.15) is 0 Å². The van der Waals surface area contributed by atoms with Crippen molar-refractivity contribution in [3.05, 3.63) is 63.7 Å². The first kappa shape index (κ1) is 22.6. The van der Waals surface area contributed by atoms with E-state index in [2.05, 4.69) is 5.32 Å². The number of carbonyl (C=O) groups is 4. The van der Waals surface area contributed by atoms with Crippen molar-refractivity contribution in [1.82, 2.24) is 4.90 Å². The number of benzene rings is 2. The third-order valence-electron chi connectivity index (χ3n) is 7.64. The minimum absolute atomic E-state index is 0.00493. The molecule has 0 unspecified atom stereocenters. The molecule has 0 saturated carbocycles. The van der Waals surface area contributed by atoms with E-state index in [1.165, 1.54) is 4.90 Å². The largest absolute Gasteiger partial charge is 0.550 e. The number of quaternary nitrogens is 1. The van der Waals surface area contributed by atoms with Crippen LogP contribution in [0, 0.1) is 25.7 Å². The molecule has 0 radical (unpaired) electrons. The Morgan fingerprint density at radius 1 is 1.15 bits per heavy atom. The van der Waals surface area contributed by atoms with Gasteiger partial charge in [0.25, 0.3) is 5.91 Å². The molecule has 2 fully saturated rings. The molecular weight excluding hydrogens is 458 g/mol. The van der Waals surface area contributed by atoms with Gasteiger partial charge in [-0.25, -0.2) is 0 Å². The van der Waals surface area contributed by atoms with Crippen LogP contribution in [-0.2, 0) is 31.3 Å². The summed E-state index contributed by atoms with van der Waals surface area (Å²) in [5, 5.41) is 16.3. The van der Waals surface area contributed by atoms with Crippen LogP contribution in [0.1, 0.15) is 35.1 Å². The van der Waals surface area contributed by atoms with Gasteiger partial charge >= 0.3 is 0 Å². The number of carboxylic acids is 1. The second-order valence-electron chi connectivity index (χ2n) is 9.35. The van der Waals surface area contributed by atoms with E-state index in [4.69, 9.17) is 11.6 Å². The molecule has 3 heterocycles. The van der Waals surface area contributed by atoms with Gasteiger partial charge in [0, 0.05) is 23.0 Å². The fourth-order valence-electron chi connectivity index (χ4n) is 5.84. The number of aryl methyl sites for hydroxylation is 1. The van der Waals surface area contributed by atoms with Crippen molar-refractivity contribution in [1.29, 1.82) is 0 Å². The maximum atomic E-state index is 13.8. The summed E-state index contributed by atoms with van der Waals surface area (Å²) in [7, 11) is 0. The fraction of sp³-hybridized carbons (Fsp3) is 0.360. The molecule has 8 nitrogen and oxygen atoms in total. The number of hydrogen-bond donors (Lipinski definition) is 2. The lowest BCUT2D eigenvalue weighted by atomic mass is 9.76. The Morgan fingerprint density at radius 2 is 1.88 bits per heavy atom. The Hall–Kier alpha value is -3.23. The molecule has 0 aromatic heterocycles. The lowest BCUT2D eigenvalue weighted by molar-refractivity contribution is -0.734. The number of halogens is 1. The Labute approximate surface area is 201 Å². The molecule has 3 aliphatic heterocycles. The highest BCUT2D eigenvalue weighted by molar-refractivity contribution is 6.31. The molecule has 2 saturated heterocycles. The first-order chi connectivity index (χ1) is 16.2. The monoisotopic (exact) mass is 481 g/mol. The first-order valence-electron chi connectivity index (χ1n) is 11.2. The fourth-order valence-corrected chi connectivity index (χ4v) is 6.04. The zero-order chi connectivity index (χ0) is 24.4. The predicted molar refractivity (Wildman–Crippen MR) is 120 cm³/mol. The van der Waals surface area contributed by atoms with Gasteiger partial charge in [-0.3, -0.25) is 19.3 Å². The average molecular weight is 482 g/mol. The molecule has 3 amide bonds. The maximum Gasteiger partial charge on any atom is 0.291 e. The summed E-state index contributed by atoms with van der Waals surface area (Å²) in [4.78, 5) is 53.3. The number of amides is 3. The summed E-state index contributed by atoms with van der Waals surface area (Å²) >= 11 is 6.28. The van der Waals surface area contributed by atoms with Crippen LogP contribution in [0.25, 0.3) is 0 Å². The van der Waals surface area contributed by atoms with Gasteiger partial charge in [0.05, 0.1) is 12.2 Å². The summed E-state index contributed by atoms with van der Waals surface area (Å²) in [5.74, 6) is -4.22. The third kappa shape index (κ3) is 3.09. The lowest BCUT2D eigenvalue weighted by Crippen LogP contribution is -2.99. The molecule has 0 bridgehead atoms. The van der Waals surface area contributed by atoms with Crippen LogP contribution in [0.3, 0.4) is 0 Å². The van der Waals surface area contributed by atoms with E-state index in [1.807, 2.05) is 26.0 Å². The zero-order valence-electron chi connectivity index (χ0n) is 18.8. The Morgan fingerprint density at radius 3 is 2.59 bits per heavy atom. The summed E-state index contributed by atoms with van der Waals surface area (Å²) in [5.41, 5.74) is 2.50. The summed E-state index contributed by atoms with van der Waals surface area (Å²) < 4.78 is 0. The molecular formula is C25H24ClN3O5. The summed E-state index contributed by atoms with van der Waals surface area (Å²) in [6, 6.07) is 10.1. The van der Waals surface area contributed by atoms with Gasteiger partial charge in [0.2, 0.25) is 17.4 Å². The number of nitrogens with two attached hydrogens (primary N) is 1. The molecule has 2 aromatic carbocycles. The molecule has 2 aromatic rings. The number of aliphatic carboxylic acids is 1. The van der Waals surface area contributed by atoms with Gasteiger partial charge in [-0.05, 0) is 49.1 Å². The van der Waals surface area contributed by atoms with Crippen molar-refractivity contribution in [2.45, 2.75) is 44.8 Å². The molecule has 4 atom stereocenters. The number of hydrogen-bond acceptors (Lipinski definition) is 5. The van der Waals surface area contributed by atoms with Crippen LogP contribution in [0.2, 0.25) is 5.02 Å². The highest BCUT2D eigenvalue weighted by atomic mass is 35.5. The van der Waals surface area contributed by atoms with Crippen LogP contribution in [-0.4, -0.2) is 34.6 Å². The second kappa shape index (κ2) is 7.92. The number of carbonyl (C=O) groups excluding carboxylic acids is 4. The van der Waals surface area contributed by atoms with Crippen LogP contribution < -0.4 is 15.7 Å². The highest BCUT2D eigenvalue weighted by Crippen LogP contribution is 2.50. The number of carboxylic acid groups (broad SMARTS) is 1. The molecule has 3 aliphatic rings. The van der Waals surface area contributed by atoms with Gasteiger partial charge in [-0.15, -0.1) is 0 Å². The molecule has 0 aliphatic carbocycles. The molecule has 34 heavy (non-hydrogen) atoms. The average Bonchev–Trinajstić information content (AvgIpc) is 3.37. The molecule has 3 N–H and O–H groups in total. The van der Waals surface area contributed by atoms with E-state index in [0.717, 1.165) is 11.1 Å². The summed E-state index contributed by atoms with van der Waals surface area (Å²) in [6.45, 7) is 3.83. The third-order valence-corrected chi connectivity index (χ3v) is 8.00. The van der Waals surface area contributed by atoms with Crippen molar-refractivity contribution in [3.8, 4) is 0 Å². The number of imide groups is 1. The first-order valence-corrected chi connectivity index (χ1v) is 11.6. The lowest BCUT2D eigenvalue weighted by Gasteiger charge is -2.26. The van der Waals surface area contributed by atoms with Crippen molar-refractivity contribution in [3.63, 3.8) is 0 Å². The van der Waals surface area contributed by atoms with Crippen LogP contribution >= 0.6 is 11.6 Å². The van der Waals surface area contributed by atoms with Gasteiger partial charge in [-0.1, -0.05) is 35.9 Å². The van der Waals surface area contributed by atoms with Crippen molar-refractivity contribution in [2.24, 2.45) is 11.8 Å². The second-order valence-corrected chi connectivity index (χ2v) is 9.76. The molecule has 9 heteroatoms. The molecule has 5 rings (SSSR count). The number of nitrogens with one attached hydrogen (secondary N) is 1. The zero-order valence-corrected chi connectivity index (χ0v) is 19.5. The summed E-state index contributed by atoms with van der Waals surface area (Å²) in [6.07, 6.45) is -0.161. The molecule has 1 spiro atoms. The van der Waals surface area contributed by atoms with Crippen molar-refractivity contribution < 1.29 is 29.6 Å².